The van der Waals surface area contributed by atoms with E-state index in [1.807, 2.05) is 66.7 Å². The second-order valence-electron chi connectivity index (χ2n) is 13.1. The van der Waals surface area contributed by atoms with Crippen molar-refractivity contribution in [3.63, 3.8) is 0 Å². The summed E-state index contributed by atoms with van der Waals surface area (Å²) < 4.78 is 65.1. The molecule has 1 amide bonds. The van der Waals surface area contributed by atoms with Gasteiger partial charge in [0.2, 0.25) is 5.88 Å². The first-order valence-electron chi connectivity index (χ1n) is 15.6. The molecule has 1 aliphatic rings. The molecule has 1 aromatic heterocycles. The molecule has 1 fully saturated rings. The van der Waals surface area contributed by atoms with Crippen molar-refractivity contribution in [3.8, 4) is 5.88 Å². The minimum absolute atomic E-state index is 0.0216. The van der Waals surface area contributed by atoms with Crippen LogP contribution in [0.4, 0.5) is 18.0 Å². The fourth-order valence-electron chi connectivity index (χ4n) is 5.53. The van der Waals surface area contributed by atoms with E-state index in [4.69, 9.17) is 18.9 Å². The summed E-state index contributed by atoms with van der Waals surface area (Å²) in [4.78, 5) is 33.4. The highest BCUT2D eigenvalue weighted by atomic mass is 79.9. The van der Waals surface area contributed by atoms with Gasteiger partial charge in [-0.05, 0) is 41.0 Å². The van der Waals surface area contributed by atoms with E-state index < -0.39 is 53.3 Å². The molecule has 0 spiro atoms. The predicted octanol–water partition coefficient (Wildman–Crippen LogP) is 8.62. The lowest BCUT2D eigenvalue weighted by Gasteiger charge is -2.35. The number of hydrogen-bond acceptors (Lipinski definition) is 7. The zero-order valence-corrected chi connectivity index (χ0v) is 29.4. The van der Waals surface area contributed by atoms with E-state index in [9.17, 15) is 22.8 Å². The van der Waals surface area contributed by atoms with E-state index in [1.54, 1.807) is 6.07 Å². The predicted molar refractivity (Wildman–Crippen MR) is 171 cm³/mol. The monoisotopic (exact) mass is 714 g/mol. The maximum Gasteiger partial charge on any atom is 0.417 e. The summed E-state index contributed by atoms with van der Waals surface area (Å²) in [6.45, 7) is 13.7. The van der Waals surface area contributed by atoms with Gasteiger partial charge >= 0.3 is 18.2 Å². The number of ether oxygens (including phenoxy) is 4. The highest BCUT2D eigenvalue weighted by Crippen LogP contribution is 2.50. The van der Waals surface area contributed by atoms with Crippen LogP contribution < -0.4 is 4.74 Å². The first-order valence-corrected chi connectivity index (χ1v) is 16.4. The number of alkyl halides is 3. The summed E-state index contributed by atoms with van der Waals surface area (Å²) in [6.07, 6.45) is -3.92. The molecule has 2 aromatic rings. The standard InChI is InChI=1S/C34H46BrF3N2O6/c1-9-20(3)17-45-31(41)28-26(33(5,6)7)29(44-19-23-14-24(34(36,37)38)16-39-30(23)43-8)27(22-12-11-13-25(35)15-22)40(28)32(42)46-18-21(4)10-2/h11-16,20-21,26-29H,9-10,17-19H2,1-8H3/t20-,21-,26-,27-,28-,29-/m0/s1. The van der Waals surface area contributed by atoms with Gasteiger partial charge in [0.25, 0.3) is 0 Å². The molecule has 0 aliphatic carbocycles. The number of methoxy groups -OCH3 is 1. The molecule has 3 rings (SSSR count). The van der Waals surface area contributed by atoms with Gasteiger partial charge in [0.05, 0.1) is 44.6 Å². The van der Waals surface area contributed by atoms with Gasteiger partial charge in [-0.25, -0.2) is 14.6 Å². The Kier molecular flexibility index (Phi) is 12.9. The fourth-order valence-corrected chi connectivity index (χ4v) is 5.95. The van der Waals surface area contributed by atoms with Gasteiger partial charge in [0.1, 0.15) is 6.04 Å². The number of aromatic nitrogens is 1. The van der Waals surface area contributed by atoms with Crippen molar-refractivity contribution < 1.29 is 41.7 Å². The van der Waals surface area contributed by atoms with Gasteiger partial charge in [-0.2, -0.15) is 13.2 Å². The molecule has 0 saturated carbocycles. The summed E-state index contributed by atoms with van der Waals surface area (Å²) in [6, 6.07) is 6.27. The number of nitrogens with zero attached hydrogens (tertiary/aromatic N) is 2. The van der Waals surface area contributed by atoms with Gasteiger partial charge in [0, 0.05) is 22.2 Å². The van der Waals surface area contributed by atoms with Crippen LogP contribution in [-0.4, -0.2) is 54.4 Å². The molecular formula is C34H46BrF3N2O6. The molecule has 6 atom stereocenters. The lowest BCUT2D eigenvalue weighted by atomic mass is 9.73. The number of esters is 1. The molecule has 1 saturated heterocycles. The second-order valence-corrected chi connectivity index (χ2v) is 14.1. The number of benzene rings is 1. The Labute approximate surface area is 278 Å². The molecule has 8 nitrogen and oxygen atoms in total. The van der Waals surface area contributed by atoms with Crippen LogP contribution in [0.2, 0.25) is 0 Å². The minimum Gasteiger partial charge on any atom is -0.481 e. The number of pyridine rings is 1. The van der Waals surface area contributed by atoms with Crippen LogP contribution in [-0.2, 0) is 31.8 Å². The van der Waals surface area contributed by atoms with Crippen molar-refractivity contribution in [2.24, 2.45) is 23.2 Å². The Balaban J connectivity index is 2.19. The van der Waals surface area contributed by atoms with Crippen molar-refractivity contribution in [2.45, 2.75) is 92.3 Å². The SMILES string of the molecule is CC[C@H](C)COC(=O)[C@@H]1[C@H](C(C)(C)C)[C@H](OCc2cc(C(F)(F)F)cnc2OC)[C@H](c2cccc(Br)c2)N1C(=O)OC[C@@H](C)CC. The quantitative estimate of drug-likeness (QED) is 0.204. The third-order valence-corrected chi connectivity index (χ3v) is 9.01. The summed E-state index contributed by atoms with van der Waals surface area (Å²) in [5.74, 6) is -1.09. The minimum atomic E-state index is -4.63. The number of amides is 1. The lowest BCUT2D eigenvalue weighted by molar-refractivity contribution is -0.153. The van der Waals surface area contributed by atoms with Crippen molar-refractivity contribution in [3.05, 3.63) is 57.7 Å². The van der Waals surface area contributed by atoms with E-state index in [1.165, 1.54) is 12.0 Å². The molecule has 1 aliphatic heterocycles. The van der Waals surface area contributed by atoms with E-state index in [-0.39, 0.29) is 43.1 Å². The Morgan fingerprint density at radius 3 is 2.20 bits per heavy atom. The van der Waals surface area contributed by atoms with Gasteiger partial charge in [0.15, 0.2) is 0 Å². The molecule has 0 radical (unpaired) electrons. The molecule has 0 unspecified atom stereocenters. The topological polar surface area (TPSA) is 87.2 Å². The third-order valence-electron chi connectivity index (χ3n) is 8.52. The van der Waals surface area contributed by atoms with Crippen LogP contribution in [0.5, 0.6) is 5.88 Å². The molecule has 12 heteroatoms. The summed E-state index contributed by atoms with van der Waals surface area (Å²) in [5, 5.41) is 0. The first kappa shape index (κ1) is 37.6. The summed E-state index contributed by atoms with van der Waals surface area (Å²) in [7, 11) is 1.31. The van der Waals surface area contributed by atoms with Crippen molar-refractivity contribution in [1.82, 2.24) is 9.88 Å². The first-order chi connectivity index (χ1) is 21.5. The molecule has 2 heterocycles. The van der Waals surface area contributed by atoms with E-state index in [0.29, 0.717) is 11.8 Å². The normalized spacial score (nSPS) is 21.5. The van der Waals surface area contributed by atoms with Crippen LogP contribution in [0.25, 0.3) is 0 Å². The van der Waals surface area contributed by atoms with Crippen LogP contribution in [0.15, 0.2) is 41.0 Å². The Hall–Kier alpha value is -2.86. The van der Waals surface area contributed by atoms with Gasteiger partial charge in [-0.15, -0.1) is 0 Å². The Morgan fingerprint density at radius 2 is 1.65 bits per heavy atom. The molecule has 0 bridgehead atoms. The average Bonchev–Trinajstić information content (AvgIpc) is 3.36. The lowest BCUT2D eigenvalue weighted by Crippen LogP contribution is -2.48. The fraction of sp³-hybridized carbons (Fsp3) is 0.618. The van der Waals surface area contributed by atoms with Crippen molar-refractivity contribution >= 4 is 28.0 Å². The average molecular weight is 716 g/mol. The number of carbonyl (C=O) groups excluding carboxylic acids is 2. The van der Waals surface area contributed by atoms with Crippen LogP contribution >= 0.6 is 15.9 Å². The third kappa shape index (κ3) is 9.14. The smallest absolute Gasteiger partial charge is 0.417 e. The Bertz CT molecular complexity index is 1330. The number of hydrogen-bond donors (Lipinski definition) is 0. The number of halogens is 4. The van der Waals surface area contributed by atoms with Gasteiger partial charge in [-0.1, -0.05) is 89.4 Å². The van der Waals surface area contributed by atoms with Crippen molar-refractivity contribution in [1.29, 1.82) is 0 Å². The highest BCUT2D eigenvalue weighted by Gasteiger charge is 2.60. The Morgan fingerprint density at radius 1 is 1.02 bits per heavy atom. The van der Waals surface area contributed by atoms with E-state index >= 15 is 0 Å². The molecule has 256 valence electrons. The molecule has 46 heavy (non-hydrogen) atoms. The number of carbonyl (C=O) groups is 2. The van der Waals surface area contributed by atoms with Crippen LogP contribution in [0.3, 0.4) is 0 Å². The van der Waals surface area contributed by atoms with Crippen LogP contribution in [0.1, 0.15) is 84.0 Å². The molecule has 0 N–H and O–H groups in total. The number of rotatable bonds is 12. The molecular weight excluding hydrogens is 669 g/mol. The van der Waals surface area contributed by atoms with Gasteiger partial charge in [-0.3, -0.25) is 4.90 Å². The highest BCUT2D eigenvalue weighted by molar-refractivity contribution is 9.10. The van der Waals surface area contributed by atoms with Crippen molar-refractivity contribution in [2.75, 3.05) is 20.3 Å². The zero-order valence-electron chi connectivity index (χ0n) is 27.8. The number of likely N-dealkylation sites (tertiary alicyclic amines) is 1. The van der Waals surface area contributed by atoms with Crippen LogP contribution in [0, 0.1) is 23.2 Å². The molecule has 1 aromatic carbocycles. The van der Waals surface area contributed by atoms with E-state index in [2.05, 4.69) is 20.9 Å². The zero-order chi connectivity index (χ0) is 34.4. The summed E-state index contributed by atoms with van der Waals surface area (Å²) >= 11 is 3.52. The largest absolute Gasteiger partial charge is 0.481 e. The summed E-state index contributed by atoms with van der Waals surface area (Å²) in [5.41, 5.74) is -0.861. The van der Waals surface area contributed by atoms with E-state index in [0.717, 1.165) is 23.4 Å². The maximum atomic E-state index is 14.1. The van der Waals surface area contributed by atoms with Gasteiger partial charge < -0.3 is 18.9 Å². The maximum absolute atomic E-state index is 14.1. The second kappa shape index (κ2) is 15.8.